The molecule has 3 rings (SSSR count). The topological polar surface area (TPSA) is 63.7 Å². The van der Waals surface area contributed by atoms with E-state index in [4.69, 9.17) is 4.74 Å². The van der Waals surface area contributed by atoms with Gasteiger partial charge in [0.05, 0.1) is 15.1 Å². The van der Waals surface area contributed by atoms with Gasteiger partial charge in [-0.2, -0.15) is 0 Å². The van der Waals surface area contributed by atoms with E-state index in [-0.39, 0.29) is 36.1 Å². The van der Waals surface area contributed by atoms with Gasteiger partial charge in [-0.25, -0.2) is 8.42 Å². The first kappa shape index (κ1) is 18.9. The molecule has 1 aliphatic carbocycles. The van der Waals surface area contributed by atoms with Gasteiger partial charge in [0.15, 0.2) is 16.4 Å². The summed E-state index contributed by atoms with van der Waals surface area (Å²) in [6.45, 7) is -0.0347. The molecule has 1 unspecified atom stereocenters. The number of carbonyl (C=O) groups excluding carboxylic acids is 1. The Bertz CT molecular complexity index is 716. The van der Waals surface area contributed by atoms with E-state index in [1.54, 1.807) is 0 Å². The maximum atomic E-state index is 12.9. The van der Waals surface area contributed by atoms with Crippen LogP contribution in [0.2, 0.25) is 0 Å². The molecule has 2 fully saturated rings. The van der Waals surface area contributed by atoms with Crippen LogP contribution in [0.5, 0.6) is 5.75 Å². The summed E-state index contributed by atoms with van der Waals surface area (Å²) < 4.78 is 30.5. The van der Waals surface area contributed by atoms with Gasteiger partial charge in [0.1, 0.15) is 5.75 Å². The third kappa shape index (κ3) is 4.87. The molecule has 0 aromatic heterocycles. The summed E-state index contributed by atoms with van der Waals surface area (Å²) in [7, 11) is -3.02. The third-order valence-corrected chi connectivity index (χ3v) is 7.69. The molecule has 1 saturated carbocycles. The smallest absolute Gasteiger partial charge is 0.261 e. The molecule has 1 aromatic carbocycles. The van der Waals surface area contributed by atoms with Gasteiger partial charge in [-0.1, -0.05) is 31.4 Å². The lowest BCUT2D eigenvalue weighted by molar-refractivity contribution is -0.138. The Morgan fingerprint density at radius 2 is 1.84 bits per heavy atom. The van der Waals surface area contributed by atoms with E-state index in [1.165, 1.54) is 6.42 Å². The second kappa shape index (κ2) is 8.24. The van der Waals surface area contributed by atoms with E-state index in [2.05, 4.69) is 22.6 Å². The molecule has 1 aliphatic heterocycles. The van der Waals surface area contributed by atoms with E-state index in [9.17, 15) is 13.2 Å². The SMILES string of the molecule is O=C(COc1ccccc1I)N(C1CCCCC1)C1CCS(=O)(=O)C1. The van der Waals surface area contributed by atoms with Gasteiger partial charge < -0.3 is 9.64 Å². The molecule has 7 heteroatoms. The Morgan fingerprint density at radius 1 is 1.12 bits per heavy atom. The molecule has 0 bridgehead atoms. The van der Waals surface area contributed by atoms with Crippen LogP contribution in [0.3, 0.4) is 0 Å². The summed E-state index contributed by atoms with van der Waals surface area (Å²) in [5.74, 6) is 0.886. The number of hydrogen-bond donors (Lipinski definition) is 0. The number of ether oxygens (including phenoxy) is 1. The highest BCUT2D eigenvalue weighted by Gasteiger charge is 2.38. The molecular weight excluding hydrogens is 453 g/mol. The van der Waals surface area contributed by atoms with Gasteiger partial charge in [0.2, 0.25) is 0 Å². The molecule has 5 nitrogen and oxygen atoms in total. The first-order valence-corrected chi connectivity index (χ1v) is 11.8. The summed E-state index contributed by atoms with van der Waals surface area (Å²) in [4.78, 5) is 14.8. The first-order valence-electron chi connectivity index (χ1n) is 8.85. The number of para-hydroxylation sites is 1. The summed E-state index contributed by atoms with van der Waals surface area (Å²) in [6, 6.07) is 7.54. The summed E-state index contributed by atoms with van der Waals surface area (Å²) >= 11 is 2.18. The Kier molecular flexibility index (Phi) is 6.25. The van der Waals surface area contributed by atoms with Crippen LogP contribution in [0, 0.1) is 3.57 Å². The zero-order valence-corrected chi connectivity index (χ0v) is 17.2. The summed E-state index contributed by atoms with van der Waals surface area (Å²) in [5, 5.41) is 0. The van der Waals surface area contributed by atoms with Crippen molar-refractivity contribution in [1.82, 2.24) is 4.90 Å². The normalized spacial score (nSPS) is 23.3. The van der Waals surface area contributed by atoms with Crippen LogP contribution in [-0.2, 0) is 14.6 Å². The predicted molar refractivity (Wildman–Crippen MR) is 105 cm³/mol. The number of rotatable bonds is 5. The molecule has 1 aromatic rings. The molecule has 0 N–H and O–H groups in total. The van der Waals surface area contributed by atoms with Crippen molar-refractivity contribution in [2.75, 3.05) is 18.1 Å². The van der Waals surface area contributed by atoms with Crippen LogP contribution in [0.15, 0.2) is 24.3 Å². The number of benzene rings is 1. The molecule has 1 saturated heterocycles. The van der Waals surface area contributed by atoms with Crippen molar-refractivity contribution < 1.29 is 17.9 Å². The minimum Gasteiger partial charge on any atom is -0.483 e. The van der Waals surface area contributed by atoms with Crippen molar-refractivity contribution >= 4 is 38.3 Å². The number of halogens is 1. The minimum atomic E-state index is -3.02. The molecule has 2 aliphatic rings. The number of hydrogen-bond acceptors (Lipinski definition) is 4. The number of carbonyl (C=O) groups is 1. The van der Waals surface area contributed by atoms with E-state index in [0.29, 0.717) is 12.2 Å². The van der Waals surface area contributed by atoms with E-state index in [0.717, 1.165) is 29.3 Å². The zero-order chi connectivity index (χ0) is 17.9. The molecule has 1 heterocycles. The number of amides is 1. The maximum Gasteiger partial charge on any atom is 0.261 e. The lowest BCUT2D eigenvalue weighted by atomic mass is 9.93. The quantitative estimate of drug-likeness (QED) is 0.612. The average Bonchev–Trinajstić information content (AvgIpc) is 2.95. The largest absolute Gasteiger partial charge is 0.483 e. The summed E-state index contributed by atoms with van der Waals surface area (Å²) in [5.41, 5.74) is 0. The van der Waals surface area contributed by atoms with Crippen molar-refractivity contribution in [1.29, 1.82) is 0 Å². The van der Waals surface area contributed by atoms with Crippen LogP contribution < -0.4 is 4.74 Å². The van der Waals surface area contributed by atoms with Crippen LogP contribution in [-0.4, -0.2) is 49.4 Å². The van der Waals surface area contributed by atoms with Crippen molar-refractivity contribution in [2.24, 2.45) is 0 Å². The second-order valence-corrected chi connectivity index (χ2v) is 10.3. The van der Waals surface area contributed by atoms with Gasteiger partial charge >= 0.3 is 0 Å². The van der Waals surface area contributed by atoms with Crippen molar-refractivity contribution in [2.45, 2.75) is 50.6 Å². The van der Waals surface area contributed by atoms with Crippen molar-refractivity contribution in [3.8, 4) is 5.75 Å². The van der Waals surface area contributed by atoms with Gasteiger partial charge in [0, 0.05) is 12.1 Å². The molecule has 1 amide bonds. The second-order valence-electron chi connectivity index (χ2n) is 6.87. The standard InChI is InChI=1S/C18H24INO4S/c19-16-8-4-5-9-17(16)24-12-18(21)20(14-6-2-1-3-7-14)15-10-11-25(22,23)13-15/h4-5,8-9,14-15H,1-3,6-7,10-13H2. The average molecular weight is 477 g/mol. The fourth-order valence-corrected chi connectivity index (χ4v) is 6.09. The Labute approximate surface area is 163 Å². The molecule has 1 atom stereocenters. The van der Waals surface area contributed by atoms with Gasteiger partial charge in [-0.05, 0) is 54.0 Å². The fraction of sp³-hybridized carbons (Fsp3) is 0.611. The van der Waals surface area contributed by atoms with Crippen molar-refractivity contribution in [3.63, 3.8) is 0 Å². The summed E-state index contributed by atoms with van der Waals surface area (Å²) in [6.07, 6.45) is 5.88. The Morgan fingerprint density at radius 3 is 2.48 bits per heavy atom. The molecule has 25 heavy (non-hydrogen) atoms. The Hall–Kier alpha value is -0.830. The highest BCUT2D eigenvalue weighted by molar-refractivity contribution is 14.1. The van der Waals surface area contributed by atoms with Crippen LogP contribution in [0.4, 0.5) is 0 Å². The highest BCUT2D eigenvalue weighted by atomic mass is 127. The van der Waals surface area contributed by atoms with Crippen LogP contribution in [0.25, 0.3) is 0 Å². The third-order valence-electron chi connectivity index (χ3n) is 5.05. The number of sulfone groups is 1. The molecule has 0 radical (unpaired) electrons. The first-order chi connectivity index (χ1) is 12.0. The van der Waals surface area contributed by atoms with Gasteiger partial charge in [0.25, 0.3) is 5.91 Å². The molecule has 138 valence electrons. The van der Waals surface area contributed by atoms with Crippen molar-refractivity contribution in [3.05, 3.63) is 27.8 Å². The van der Waals surface area contributed by atoms with E-state index in [1.807, 2.05) is 29.2 Å². The van der Waals surface area contributed by atoms with Gasteiger partial charge in [-0.3, -0.25) is 4.79 Å². The monoisotopic (exact) mass is 477 g/mol. The molecular formula is C18H24INO4S. The van der Waals surface area contributed by atoms with Crippen LogP contribution >= 0.6 is 22.6 Å². The zero-order valence-electron chi connectivity index (χ0n) is 14.2. The van der Waals surface area contributed by atoms with Gasteiger partial charge in [-0.15, -0.1) is 0 Å². The fourth-order valence-electron chi connectivity index (χ4n) is 3.84. The van der Waals surface area contributed by atoms with Crippen LogP contribution in [0.1, 0.15) is 38.5 Å². The molecule has 0 spiro atoms. The minimum absolute atomic E-state index is 0.0347. The highest BCUT2D eigenvalue weighted by Crippen LogP contribution is 2.29. The number of nitrogens with zero attached hydrogens (tertiary/aromatic N) is 1. The Balaban J connectivity index is 1.71. The lowest BCUT2D eigenvalue weighted by Crippen LogP contribution is -2.50. The van der Waals surface area contributed by atoms with E-state index < -0.39 is 9.84 Å². The van der Waals surface area contributed by atoms with E-state index >= 15 is 0 Å². The maximum absolute atomic E-state index is 12.9. The lowest BCUT2D eigenvalue weighted by Gasteiger charge is -2.38. The predicted octanol–water partition coefficient (Wildman–Crippen LogP) is 3.02.